The number of rotatable bonds is 3. The van der Waals surface area contributed by atoms with Crippen molar-refractivity contribution in [1.82, 2.24) is 0 Å². The third kappa shape index (κ3) is 4.36. The van der Waals surface area contributed by atoms with E-state index in [1.54, 1.807) is 5.32 Å². The van der Waals surface area contributed by atoms with Gasteiger partial charge < -0.3 is 10.4 Å². The Hall–Kier alpha value is -1.57. The van der Waals surface area contributed by atoms with Gasteiger partial charge in [0.1, 0.15) is 0 Å². The Balaban J connectivity index is 2.93. The molecule has 1 aromatic carbocycles. The molecule has 0 saturated heterocycles. The predicted molar refractivity (Wildman–Crippen MR) is 60.2 cm³/mol. The lowest BCUT2D eigenvalue weighted by Gasteiger charge is -2.09. The molecule has 8 heteroatoms. The fourth-order valence-electron chi connectivity index (χ4n) is 1.20. The first-order valence-corrected chi connectivity index (χ1v) is 5.37. The standard InChI is InChI=1S/C10H7BrF3NO3/c11-6-1-5(3-8(16)17)2-7(4-6)15-9(18)10(12,13)14/h1-2,4H,3H2,(H,15,18)(H,16,17). The van der Waals surface area contributed by atoms with Gasteiger partial charge in [-0.15, -0.1) is 0 Å². The van der Waals surface area contributed by atoms with Crippen LogP contribution >= 0.6 is 15.9 Å². The number of benzene rings is 1. The number of carboxylic acids is 1. The van der Waals surface area contributed by atoms with Crippen molar-refractivity contribution >= 4 is 33.5 Å². The minimum atomic E-state index is -4.99. The van der Waals surface area contributed by atoms with Crippen LogP contribution in [-0.2, 0) is 16.0 Å². The second kappa shape index (κ2) is 5.38. The average Bonchev–Trinajstić information content (AvgIpc) is 2.13. The van der Waals surface area contributed by atoms with Gasteiger partial charge in [-0.3, -0.25) is 9.59 Å². The minimum Gasteiger partial charge on any atom is -0.481 e. The van der Waals surface area contributed by atoms with Crippen molar-refractivity contribution in [2.24, 2.45) is 0 Å². The predicted octanol–water partition coefficient (Wildman–Crippen LogP) is 2.58. The first kappa shape index (κ1) is 14.5. The summed E-state index contributed by atoms with van der Waals surface area (Å²) in [7, 11) is 0. The van der Waals surface area contributed by atoms with Gasteiger partial charge in [-0.1, -0.05) is 15.9 Å². The lowest BCUT2D eigenvalue weighted by atomic mass is 10.1. The van der Waals surface area contributed by atoms with Crippen LogP contribution in [0.2, 0.25) is 0 Å². The number of hydrogen-bond acceptors (Lipinski definition) is 2. The Morgan fingerprint density at radius 1 is 1.28 bits per heavy atom. The van der Waals surface area contributed by atoms with Crippen LogP contribution in [0.4, 0.5) is 18.9 Å². The van der Waals surface area contributed by atoms with Crippen molar-refractivity contribution in [2.75, 3.05) is 5.32 Å². The molecule has 0 radical (unpaired) electrons. The molecule has 0 heterocycles. The van der Waals surface area contributed by atoms with Gasteiger partial charge in [0.15, 0.2) is 0 Å². The van der Waals surface area contributed by atoms with E-state index in [1.807, 2.05) is 0 Å². The smallest absolute Gasteiger partial charge is 0.471 e. The molecule has 98 valence electrons. The molecule has 0 aromatic heterocycles. The van der Waals surface area contributed by atoms with Crippen LogP contribution in [0.5, 0.6) is 0 Å². The molecule has 1 amide bonds. The maximum Gasteiger partial charge on any atom is 0.471 e. The molecule has 4 nitrogen and oxygen atoms in total. The number of carbonyl (C=O) groups excluding carboxylic acids is 1. The summed E-state index contributed by atoms with van der Waals surface area (Å²) in [5, 5.41) is 10.2. The molecule has 0 spiro atoms. The summed E-state index contributed by atoms with van der Waals surface area (Å²) in [6, 6.07) is 3.86. The van der Waals surface area contributed by atoms with Crippen molar-refractivity contribution in [2.45, 2.75) is 12.6 Å². The Morgan fingerprint density at radius 3 is 2.39 bits per heavy atom. The summed E-state index contributed by atoms with van der Waals surface area (Å²) in [5.41, 5.74) is 0.150. The molecule has 0 fully saturated rings. The van der Waals surface area contributed by atoms with Crippen LogP contribution in [0.1, 0.15) is 5.56 Å². The van der Waals surface area contributed by atoms with Gasteiger partial charge in [0.25, 0.3) is 0 Å². The number of anilines is 1. The zero-order valence-electron chi connectivity index (χ0n) is 8.71. The second-order valence-corrected chi connectivity index (χ2v) is 4.29. The third-order valence-electron chi connectivity index (χ3n) is 1.83. The monoisotopic (exact) mass is 325 g/mol. The van der Waals surface area contributed by atoms with Crippen molar-refractivity contribution < 1.29 is 27.9 Å². The van der Waals surface area contributed by atoms with E-state index >= 15 is 0 Å². The fourth-order valence-corrected chi connectivity index (χ4v) is 1.74. The fraction of sp³-hybridized carbons (Fsp3) is 0.200. The number of hydrogen-bond donors (Lipinski definition) is 2. The van der Waals surface area contributed by atoms with Gasteiger partial charge in [-0.05, 0) is 23.8 Å². The normalized spacial score (nSPS) is 11.1. The molecule has 0 saturated carbocycles. The minimum absolute atomic E-state index is 0.122. The Morgan fingerprint density at radius 2 is 1.89 bits per heavy atom. The van der Waals surface area contributed by atoms with Crippen LogP contribution in [-0.4, -0.2) is 23.2 Å². The van der Waals surface area contributed by atoms with Crippen molar-refractivity contribution in [3.8, 4) is 0 Å². The molecule has 2 N–H and O–H groups in total. The van der Waals surface area contributed by atoms with Crippen LogP contribution in [0.3, 0.4) is 0 Å². The molecule has 1 aromatic rings. The Bertz CT molecular complexity index is 488. The van der Waals surface area contributed by atoms with Crippen molar-refractivity contribution in [1.29, 1.82) is 0 Å². The second-order valence-electron chi connectivity index (χ2n) is 3.37. The summed E-state index contributed by atoms with van der Waals surface area (Å²) >= 11 is 3.02. The van der Waals surface area contributed by atoms with E-state index < -0.39 is 18.1 Å². The highest BCUT2D eigenvalue weighted by Crippen LogP contribution is 2.23. The van der Waals surface area contributed by atoms with Gasteiger partial charge in [-0.2, -0.15) is 13.2 Å². The van der Waals surface area contributed by atoms with E-state index in [2.05, 4.69) is 15.9 Å². The number of carboxylic acid groups (broad SMARTS) is 1. The van der Waals surface area contributed by atoms with Gasteiger partial charge in [0, 0.05) is 10.2 Å². The lowest BCUT2D eigenvalue weighted by Crippen LogP contribution is -2.29. The maximum absolute atomic E-state index is 12.0. The molecule has 0 aliphatic rings. The zero-order chi connectivity index (χ0) is 13.9. The number of nitrogens with one attached hydrogen (secondary N) is 1. The highest BCUT2D eigenvalue weighted by atomic mass is 79.9. The quantitative estimate of drug-likeness (QED) is 0.897. The lowest BCUT2D eigenvalue weighted by molar-refractivity contribution is -0.167. The highest BCUT2D eigenvalue weighted by molar-refractivity contribution is 9.10. The molecule has 0 atom stereocenters. The molecule has 0 aliphatic heterocycles. The van der Waals surface area contributed by atoms with Gasteiger partial charge in [0.05, 0.1) is 6.42 Å². The molecule has 0 unspecified atom stereocenters. The third-order valence-corrected chi connectivity index (χ3v) is 2.29. The maximum atomic E-state index is 12.0. The SMILES string of the molecule is O=C(O)Cc1cc(Br)cc(NC(=O)C(F)(F)F)c1. The van der Waals surface area contributed by atoms with E-state index in [1.165, 1.54) is 18.2 Å². The van der Waals surface area contributed by atoms with Crippen LogP contribution in [0, 0.1) is 0 Å². The average molecular weight is 326 g/mol. The zero-order valence-corrected chi connectivity index (χ0v) is 10.3. The number of carbonyl (C=O) groups is 2. The van der Waals surface area contributed by atoms with E-state index in [9.17, 15) is 22.8 Å². The first-order chi connectivity index (χ1) is 8.18. The number of aliphatic carboxylic acids is 1. The van der Waals surface area contributed by atoms with Crippen molar-refractivity contribution in [3.05, 3.63) is 28.2 Å². The summed E-state index contributed by atoms with van der Waals surface area (Å²) < 4.78 is 36.5. The van der Waals surface area contributed by atoms with Crippen LogP contribution in [0.15, 0.2) is 22.7 Å². The largest absolute Gasteiger partial charge is 0.481 e. The first-order valence-electron chi connectivity index (χ1n) is 4.58. The number of halogens is 4. The van der Waals surface area contributed by atoms with Crippen LogP contribution < -0.4 is 5.32 Å². The molecular weight excluding hydrogens is 319 g/mol. The highest BCUT2D eigenvalue weighted by Gasteiger charge is 2.38. The van der Waals surface area contributed by atoms with Gasteiger partial charge in [0.2, 0.25) is 0 Å². The van der Waals surface area contributed by atoms with Gasteiger partial charge in [-0.25, -0.2) is 0 Å². The molecule has 0 aliphatic carbocycles. The number of amides is 1. The van der Waals surface area contributed by atoms with E-state index in [0.717, 1.165) is 0 Å². The van der Waals surface area contributed by atoms with Crippen LogP contribution in [0.25, 0.3) is 0 Å². The molecular formula is C10H7BrF3NO3. The number of alkyl halides is 3. The Labute approximate surface area is 108 Å². The van der Waals surface area contributed by atoms with Gasteiger partial charge >= 0.3 is 18.1 Å². The van der Waals surface area contributed by atoms with E-state index in [4.69, 9.17) is 5.11 Å². The summed E-state index contributed by atoms with van der Waals surface area (Å²) in [6.07, 6.45) is -5.34. The van der Waals surface area contributed by atoms with E-state index in [-0.39, 0.29) is 17.7 Å². The summed E-state index contributed by atoms with van der Waals surface area (Å²) in [4.78, 5) is 21.2. The topological polar surface area (TPSA) is 66.4 Å². The molecule has 0 bridgehead atoms. The molecule has 1 rings (SSSR count). The Kier molecular flexibility index (Phi) is 4.33. The summed E-state index contributed by atoms with van der Waals surface area (Å²) in [5.74, 6) is -3.23. The van der Waals surface area contributed by atoms with Crippen molar-refractivity contribution in [3.63, 3.8) is 0 Å². The summed E-state index contributed by atoms with van der Waals surface area (Å²) in [6.45, 7) is 0. The molecule has 18 heavy (non-hydrogen) atoms. The van der Waals surface area contributed by atoms with E-state index in [0.29, 0.717) is 4.47 Å².